The van der Waals surface area contributed by atoms with Gasteiger partial charge in [0.05, 0.1) is 0 Å². The van der Waals surface area contributed by atoms with Crippen LogP contribution in [0.15, 0.2) is 65.1 Å². The molecule has 0 amide bonds. The third kappa shape index (κ3) is 3.02. The lowest BCUT2D eigenvalue weighted by atomic mass is 9.93. The molecule has 0 spiro atoms. The number of hydrogen-bond donors (Lipinski definition) is 1. The lowest BCUT2D eigenvalue weighted by molar-refractivity contribution is 0.727. The van der Waals surface area contributed by atoms with Gasteiger partial charge in [-0.05, 0) is 52.9 Å². The number of rotatable bonds is 3. The molecule has 3 aromatic rings. The van der Waals surface area contributed by atoms with Gasteiger partial charge in [-0.3, -0.25) is 0 Å². The van der Waals surface area contributed by atoms with E-state index in [1.807, 2.05) is 6.07 Å². The smallest absolute Gasteiger partial charge is 0.0341 e. The molecule has 106 valence electrons. The Morgan fingerprint density at radius 3 is 2.48 bits per heavy atom. The minimum Gasteiger partial charge on any atom is -0.324 e. The molecule has 0 fully saturated rings. The maximum atomic E-state index is 6.48. The van der Waals surface area contributed by atoms with Crippen LogP contribution in [-0.4, -0.2) is 0 Å². The molecular weight excluding hydrogens is 322 g/mol. The SMILES string of the molecule is Cc1ccc(C(N)Cc2cccc(Br)c2)c2ccccc12. The fourth-order valence-corrected chi connectivity index (χ4v) is 3.27. The first-order valence-electron chi connectivity index (χ1n) is 7.13. The third-order valence-electron chi connectivity index (χ3n) is 3.92. The van der Waals surface area contributed by atoms with Gasteiger partial charge in [0.25, 0.3) is 0 Å². The third-order valence-corrected chi connectivity index (χ3v) is 4.41. The predicted molar refractivity (Wildman–Crippen MR) is 93.5 cm³/mol. The van der Waals surface area contributed by atoms with E-state index in [-0.39, 0.29) is 6.04 Å². The zero-order valence-corrected chi connectivity index (χ0v) is 13.6. The van der Waals surface area contributed by atoms with Crippen LogP contribution in [0.1, 0.15) is 22.7 Å². The van der Waals surface area contributed by atoms with Crippen LogP contribution in [-0.2, 0) is 6.42 Å². The second kappa shape index (κ2) is 6.00. The minimum absolute atomic E-state index is 0.00444. The Morgan fingerprint density at radius 1 is 0.952 bits per heavy atom. The molecule has 3 aromatic carbocycles. The lowest BCUT2D eigenvalue weighted by Gasteiger charge is -2.16. The van der Waals surface area contributed by atoms with Gasteiger partial charge in [0.15, 0.2) is 0 Å². The molecule has 1 unspecified atom stereocenters. The molecule has 0 heterocycles. The first kappa shape index (κ1) is 14.3. The van der Waals surface area contributed by atoms with E-state index in [1.165, 1.54) is 27.5 Å². The molecule has 0 radical (unpaired) electrons. The van der Waals surface area contributed by atoms with Crippen LogP contribution >= 0.6 is 15.9 Å². The highest BCUT2D eigenvalue weighted by atomic mass is 79.9. The topological polar surface area (TPSA) is 26.0 Å². The number of nitrogens with two attached hydrogens (primary N) is 1. The van der Waals surface area contributed by atoms with E-state index in [2.05, 4.69) is 77.5 Å². The summed E-state index contributed by atoms with van der Waals surface area (Å²) in [6, 6.07) is 21.2. The van der Waals surface area contributed by atoms with Crippen molar-refractivity contribution in [3.8, 4) is 0 Å². The van der Waals surface area contributed by atoms with Crippen molar-refractivity contribution >= 4 is 26.7 Å². The van der Waals surface area contributed by atoms with E-state index in [4.69, 9.17) is 5.73 Å². The van der Waals surface area contributed by atoms with Gasteiger partial charge >= 0.3 is 0 Å². The first-order chi connectivity index (χ1) is 10.1. The van der Waals surface area contributed by atoms with Crippen LogP contribution in [0.5, 0.6) is 0 Å². The fraction of sp³-hybridized carbons (Fsp3) is 0.158. The number of hydrogen-bond acceptors (Lipinski definition) is 1. The van der Waals surface area contributed by atoms with Crippen LogP contribution in [0.25, 0.3) is 10.8 Å². The summed E-state index contributed by atoms with van der Waals surface area (Å²) in [5.74, 6) is 0. The van der Waals surface area contributed by atoms with Crippen molar-refractivity contribution in [2.45, 2.75) is 19.4 Å². The Kier molecular flexibility index (Phi) is 4.09. The molecule has 1 nitrogen and oxygen atoms in total. The van der Waals surface area contributed by atoms with Gasteiger partial charge in [-0.1, -0.05) is 64.5 Å². The van der Waals surface area contributed by atoms with Crippen molar-refractivity contribution < 1.29 is 0 Å². The van der Waals surface area contributed by atoms with Crippen LogP contribution in [0, 0.1) is 6.92 Å². The van der Waals surface area contributed by atoms with Gasteiger partial charge in [-0.15, -0.1) is 0 Å². The molecule has 0 aliphatic carbocycles. The zero-order chi connectivity index (χ0) is 14.8. The van der Waals surface area contributed by atoms with E-state index in [9.17, 15) is 0 Å². The standard InChI is InChI=1S/C19H18BrN/c1-13-9-10-18(17-8-3-2-7-16(13)17)19(21)12-14-5-4-6-15(20)11-14/h2-11,19H,12,21H2,1H3. The Balaban J connectivity index is 1.98. The van der Waals surface area contributed by atoms with Crippen LogP contribution in [0.4, 0.5) is 0 Å². The summed E-state index contributed by atoms with van der Waals surface area (Å²) in [5, 5.41) is 2.56. The summed E-state index contributed by atoms with van der Waals surface area (Å²) in [7, 11) is 0. The summed E-state index contributed by atoms with van der Waals surface area (Å²) < 4.78 is 1.10. The average Bonchev–Trinajstić information content (AvgIpc) is 2.48. The van der Waals surface area contributed by atoms with Crippen molar-refractivity contribution in [3.05, 3.63) is 81.8 Å². The van der Waals surface area contributed by atoms with Gasteiger partial charge in [0.2, 0.25) is 0 Å². The van der Waals surface area contributed by atoms with Gasteiger partial charge in [-0.25, -0.2) is 0 Å². The predicted octanol–water partition coefficient (Wildman–Crippen LogP) is 5.15. The molecule has 0 saturated heterocycles. The van der Waals surface area contributed by atoms with E-state index in [0.29, 0.717) is 0 Å². The molecular formula is C19H18BrN. The second-order valence-corrected chi connectivity index (χ2v) is 6.37. The van der Waals surface area contributed by atoms with Crippen molar-refractivity contribution in [1.82, 2.24) is 0 Å². The Bertz CT molecular complexity index is 779. The van der Waals surface area contributed by atoms with Crippen LogP contribution < -0.4 is 5.73 Å². The maximum absolute atomic E-state index is 6.48. The average molecular weight is 340 g/mol. The molecule has 0 aliphatic heterocycles. The summed E-state index contributed by atoms with van der Waals surface area (Å²) in [4.78, 5) is 0. The largest absolute Gasteiger partial charge is 0.324 e. The van der Waals surface area contributed by atoms with Crippen molar-refractivity contribution in [2.24, 2.45) is 5.73 Å². The number of aryl methyl sites for hydroxylation is 1. The second-order valence-electron chi connectivity index (χ2n) is 5.46. The highest BCUT2D eigenvalue weighted by Gasteiger charge is 2.11. The van der Waals surface area contributed by atoms with Crippen molar-refractivity contribution in [3.63, 3.8) is 0 Å². The van der Waals surface area contributed by atoms with Gasteiger partial charge < -0.3 is 5.73 Å². The van der Waals surface area contributed by atoms with E-state index < -0.39 is 0 Å². The van der Waals surface area contributed by atoms with Crippen molar-refractivity contribution in [2.75, 3.05) is 0 Å². The van der Waals surface area contributed by atoms with E-state index in [0.717, 1.165) is 10.9 Å². The summed E-state index contributed by atoms with van der Waals surface area (Å²) in [5.41, 5.74) is 10.2. The Labute approximate surface area is 133 Å². The maximum Gasteiger partial charge on any atom is 0.0341 e. The van der Waals surface area contributed by atoms with Crippen LogP contribution in [0.3, 0.4) is 0 Å². The molecule has 0 aromatic heterocycles. The Hall–Kier alpha value is -1.64. The fourth-order valence-electron chi connectivity index (χ4n) is 2.82. The normalized spacial score (nSPS) is 12.5. The summed E-state index contributed by atoms with van der Waals surface area (Å²) >= 11 is 3.52. The molecule has 0 saturated carbocycles. The Morgan fingerprint density at radius 2 is 1.71 bits per heavy atom. The number of fused-ring (bicyclic) bond motifs is 1. The number of halogens is 1. The van der Waals surface area contributed by atoms with Gasteiger partial charge in [0, 0.05) is 10.5 Å². The molecule has 0 aliphatic rings. The van der Waals surface area contributed by atoms with E-state index in [1.54, 1.807) is 0 Å². The molecule has 3 rings (SSSR count). The van der Waals surface area contributed by atoms with Crippen molar-refractivity contribution in [1.29, 1.82) is 0 Å². The number of benzene rings is 3. The van der Waals surface area contributed by atoms with E-state index >= 15 is 0 Å². The van der Waals surface area contributed by atoms with Crippen LogP contribution in [0.2, 0.25) is 0 Å². The summed E-state index contributed by atoms with van der Waals surface area (Å²) in [6.07, 6.45) is 0.840. The molecule has 1 atom stereocenters. The highest BCUT2D eigenvalue weighted by molar-refractivity contribution is 9.10. The quantitative estimate of drug-likeness (QED) is 0.701. The monoisotopic (exact) mass is 339 g/mol. The molecule has 21 heavy (non-hydrogen) atoms. The van der Waals surface area contributed by atoms with Gasteiger partial charge in [0.1, 0.15) is 0 Å². The lowest BCUT2D eigenvalue weighted by Crippen LogP contribution is -2.14. The minimum atomic E-state index is 0.00444. The zero-order valence-electron chi connectivity index (χ0n) is 12.0. The summed E-state index contributed by atoms with van der Waals surface area (Å²) in [6.45, 7) is 2.14. The highest BCUT2D eigenvalue weighted by Crippen LogP contribution is 2.28. The molecule has 2 heteroatoms. The molecule has 2 N–H and O–H groups in total. The van der Waals surface area contributed by atoms with Gasteiger partial charge in [-0.2, -0.15) is 0 Å². The molecule has 0 bridgehead atoms. The first-order valence-corrected chi connectivity index (χ1v) is 7.93.